The third-order valence-electron chi connectivity index (χ3n) is 1.53. The van der Waals surface area contributed by atoms with Gasteiger partial charge in [0, 0.05) is 19.8 Å². The number of nitrogens with zero attached hydrogens (tertiary/aromatic N) is 3. The molecule has 3 nitrogen and oxygen atoms in total. The lowest BCUT2D eigenvalue weighted by atomic mass is 10.5. The van der Waals surface area contributed by atoms with E-state index in [9.17, 15) is 0 Å². The minimum Gasteiger partial charge on any atom is -0.359 e. The monoisotopic (exact) mass is 249 g/mol. The molecule has 0 aliphatic heterocycles. The van der Waals surface area contributed by atoms with Gasteiger partial charge in [-0.25, -0.2) is 4.98 Å². The Balaban J connectivity index is 3.04. The van der Waals surface area contributed by atoms with Crippen molar-refractivity contribution in [2.75, 3.05) is 18.5 Å². The van der Waals surface area contributed by atoms with Crippen LogP contribution in [0, 0.1) is 0 Å². The molecule has 0 saturated carbocycles. The number of hydrogen-bond donors (Lipinski definition) is 0. The lowest BCUT2D eigenvalue weighted by molar-refractivity contribution is 0.923. The summed E-state index contributed by atoms with van der Waals surface area (Å²) in [6.07, 6.45) is 1.65. The predicted molar refractivity (Wildman–Crippen MR) is 53.7 cm³/mol. The second-order valence-electron chi connectivity index (χ2n) is 2.32. The van der Waals surface area contributed by atoms with Gasteiger partial charge in [-0.1, -0.05) is 0 Å². The highest BCUT2D eigenvalue weighted by Crippen LogP contribution is 2.22. The fourth-order valence-corrected chi connectivity index (χ4v) is 1.38. The Morgan fingerprint density at radius 1 is 1.67 bits per heavy atom. The van der Waals surface area contributed by atoms with Crippen molar-refractivity contribution < 1.29 is 0 Å². The van der Waals surface area contributed by atoms with Gasteiger partial charge in [-0.3, -0.25) is 0 Å². The summed E-state index contributed by atoms with van der Waals surface area (Å²) in [6.45, 7) is 2.92. The Bertz CT molecular complexity index is 279. The summed E-state index contributed by atoms with van der Waals surface area (Å²) in [5, 5.41) is 0.272. The van der Waals surface area contributed by atoms with E-state index in [0.717, 1.165) is 16.8 Å². The van der Waals surface area contributed by atoms with Crippen molar-refractivity contribution in [1.29, 1.82) is 0 Å². The number of hydrogen-bond acceptors (Lipinski definition) is 3. The molecule has 1 aromatic heterocycles. The van der Waals surface area contributed by atoms with Crippen LogP contribution in [0.4, 0.5) is 5.82 Å². The zero-order chi connectivity index (χ0) is 9.14. The molecule has 0 spiro atoms. The van der Waals surface area contributed by atoms with Crippen LogP contribution in [0.2, 0.25) is 5.28 Å². The molecule has 0 aromatic carbocycles. The van der Waals surface area contributed by atoms with Gasteiger partial charge in [0.15, 0.2) is 0 Å². The number of anilines is 1. The summed E-state index contributed by atoms with van der Waals surface area (Å²) in [4.78, 5) is 9.90. The van der Waals surface area contributed by atoms with Gasteiger partial charge in [0.25, 0.3) is 0 Å². The molecule has 1 heterocycles. The highest BCUT2D eigenvalue weighted by atomic mass is 79.9. The fraction of sp³-hybridized carbons (Fsp3) is 0.429. The van der Waals surface area contributed by atoms with Crippen molar-refractivity contribution in [3.8, 4) is 0 Å². The smallest absolute Gasteiger partial charge is 0.224 e. The first-order valence-corrected chi connectivity index (χ1v) is 4.71. The number of aromatic nitrogens is 2. The van der Waals surface area contributed by atoms with Crippen LogP contribution in [0.1, 0.15) is 6.92 Å². The minimum absolute atomic E-state index is 0.272. The Morgan fingerprint density at radius 3 is 2.92 bits per heavy atom. The third kappa shape index (κ3) is 2.08. The van der Waals surface area contributed by atoms with Crippen LogP contribution in [-0.2, 0) is 0 Å². The van der Waals surface area contributed by atoms with Crippen LogP contribution >= 0.6 is 27.5 Å². The predicted octanol–water partition coefficient (Wildman–Crippen LogP) is 2.35. The SMILES string of the molecule is CCN(C)c1nc(Cl)ncc1Br. The zero-order valence-corrected chi connectivity index (χ0v) is 9.22. The van der Waals surface area contributed by atoms with Crippen molar-refractivity contribution in [2.45, 2.75) is 6.92 Å². The molecule has 0 aliphatic carbocycles. The topological polar surface area (TPSA) is 29.0 Å². The van der Waals surface area contributed by atoms with Crippen LogP contribution in [0.15, 0.2) is 10.7 Å². The lowest BCUT2D eigenvalue weighted by Gasteiger charge is -2.16. The lowest BCUT2D eigenvalue weighted by Crippen LogP contribution is -2.17. The Morgan fingerprint density at radius 2 is 2.33 bits per heavy atom. The van der Waals surface area contributed by atoms with Gasteiger partial charge in [-0.15, -0.1) is 0 Å². The Kier molecular flexibility index (Phi) is 3.29. The van der Waals surface area contributed by atoms with Crippen molar-refractivity contribution in [2.24, 2.45) is 0 Å². The molecule has 0 aliphatic rings. The molecule has 0 atom stereocenters. The maximum atomic E-state index is 5.65. The maximum absolute atomic E-state index is 5.65. The number of halogens is 2. The molecule has 0 saturated heterocycles. The first-order valence-electron chi connectivity index (χ1n) is 3.54. The Hall–Kier alpha value is -0.350. The van der Waals surface area contributed by atoms with Crippen LogP contribution < -0.4 is 4.90 Å². The maximum Gasteiger partial charge on any atom is 0.224 e. The van der Waals surface area contributed by atoms with Gasteiger partial charge < -0.3 is 4.90 Å². The van der Waals surface area contributed by atoms with E-state index in [0.29, 0.717) is 0 Å². The summed E-state index contributed by atoms with van der Waals surface area (Å²) < 4.78 is 0.858. The average molecular weight is 251 g/mol. The summed E-state index contributed by atoms with van der Waals surface area (Å²) >= 11 is 8.99. The molecule has 0 N–H and O–H groups in total. The average Bonchev–Trinajstić information content (AvgIpc) is 2.08. The van der Waals surface area contributed by atoms with Gasteiger partial charge in [-0.2, -0.15) is 4.98 Å². The van der Waals surface area contributed by atoms with E-state index in [-0.39, 0.29) is 5.28 Å². The molecule has 66 valence electrons. The molecular weight excluding hydrogens is 241 g/mol. The first-order chi connectivity index (χ1) is 5.65. The Labute approximate surface area is 84.9 Å². The van der Waals surface area contributed by atoms with Crippen molar-refractivity contribution >= 4 is 33.3 Å². The highest BCUT2D eigenvalue weighted by Gasteiger charge is 2.06. The largest absolute Gasteiger partial charge is 0.359 e. The molecule has 5 heteroatoms. The molecule has 1 rings (SSSR count). The molecule has 1 aromatic rings. The second-order valence-corrected chi connectivity index (χ2v) is 3.52. The van der Waals surface area contributed by atoms with Gasteiger partial charge in [0.2, 0.25) is 5.28 Å². The molecule has 0 unspecified atom stereocenters. The second kappa shape index (κ2) is 4.05. The van der Waals surface area contributed by atoms with E-state index in [1.165, 1.54) is 0 Å². The van der Waals surface area contributed by atoms with Crippen molar-refractivity contribution in [1.82, 2.24) is 9.97 Å². The van der Waals surface area contributed by atoms with E-state index in [2.05, 4.69) is 25.9 Å². The number of rotatable bonds is 2. The van der Waals surface area contributed by atoms with E-state index in [4.69, 9.17) is 11.6 Å². The minimum atomic E-state index is 0.272. The zero-order valence-electron chi connectivity index (χ0n) is 6.88. The quantitative estimate of drug-likeness (QED) is 0.755. The summed E-state index contributed by atoms with van der Waals surface area (Å²) in [5.74, 6) is 0.817. The fourth-order valence-electron chi connectivity index (χ4n) is 0.755. The van der Waals surface area contributed by atoms with Gasteiger partial charge in [0.1, 0.15) is 5.82 Å². The van der Waals surface area contributed by atoms with Crippen LogP contribution in [-0.4, -0.2) is 23.6 Å². The van der Waals surface area contributed by atoms with Crippen LogP contribution in [0.25, 0.3) is 0 Å². The first kappa shape index (κ1) is 9.74. The normalized spacial score (nSPS) is 10.0. The van der Waals surface area contributed by atoms with Crippen LogP contribution in [0.5, 0.6) is 0 Å². The standard InChI is InChI=1S/C7H9BrClN3/c1-3-12(2)6-5(8)4-10-7(9)11-6/h4H,3H2,1-2H3. The molecule has 0 amide bonds. The van der Waals surface area contributed by atoms with E-state index in [1.807, 2.05) is 18.9 Å². The molecular formula is C7H9BrClN3. The van der Waals surface area contributed by atoms with Crippen LogP contribution in [0.3, 0.4) is 0 Å². The third-order valence-corrected chi connectivity index (χ3v) is 2.27. The molecule has 0 radical (unpaired) electrons. The summed E-state index contributed by atoms with van der Waals surface area (Å²) in [5.41, 5.74) is 0. The van der Waals surface area contributed by atoms with Gasteiger partial charge in [0.05, 0.1) is 4.47 Å². The molecule has 12 heavy (non-hydrogen) atoms. The summed E-state index contributed by atoms with van der Waals surface area (Å²) in [6, 6.07) is 0. The van der Waals surface area contributed by atoms with E-state index < -0.39 is 0 Å². The van der Waals surface area contributed by atoms with Crippen molar-refractivity contribution in [3.63, 3.8) is 0 Å². The van der Waals surface area contributed by atoms with Gasteiger partial charge in [-0.05, 0) is 34.5 Å². The molecule has 0 bridgehead atoms. The van der Waals surface area contributed by atoms with Crippen molar-refractivity contribution in [3.05, 3.63) is 16.0 Å². The van der Waals surface area contributed by atoms with E-state index >= 15 is 0 Å². The van der Waals surface area contributed by atoms with E-state index in [1.54, 1.807) is 6.20 Å². The van der Waals surface area contributed by atoms with Gasteiger partial charge >= 0.3 is 0 Å². The highest BCUT2D eigenvalue weighted by molar-refractivity contribution is 9.10. The summed E-state index contributed by atoms with van der Waals surface area (Å²) in [7, 11) is 1.95. The molecule has 0 fully saturated rings.